The van der Waals surface area contributed by atoms with Gasteiger partial charge in [-0.3, -0.25) is 4.79 Å². The molecule has 1 aliphatic rings. The van der Waals surface area contributed by atoms with Crippen LogP contribution in [-0.2, 0) is 28.1 Å². The number of benzene rings is 1. The Labute approximate surface area is 224 Å². The Bertz CT molecular complexity index is 1470. The van der Waals surface area contributed by atoms with Crippen LogP contribution in [0, 0.1) is 0 Å². The highest BCUT2D eigenvalue weighted by molar-refractivity contribution is 6.76. The molecule has 1 N–H and O–H groups in total. The number of fused-ring (bicyclic) bond motifs is 1. The van der Waals surface area contributed by atoms with Gasteiger partial charge in [0.05, 0.1) is 12.6 Å². The molecule has 12 heteroatoms. The number of nitrogens with one attached hydrogen (secondary N) is 1. The molecule has 8 nitrogen and oxygen atoms in total. The molecular weight excluding hydrogens is 527 g/mol. The molecule has 1 amide bonds. The number of nitrogens with zero attached hydrogens (tertiary/aromatic N) is 4. The molecule has 0 radical (unpaired) electrons. The maximum absolute atomic E-state index is 13.3. The fourth-order valence-electron chi connectivity index (χ4n) is 4.30. The fraction of sp³-hybridized carbons (Fsp3) is 0.407. The second-order valence-electron chi connectivity index (χ2n) is 11.2. The van der Waals surface area contributed by atoms with Crippen molar-refractivity contribution in [2.75, 3.05) is 11.9 Å². The van der Waals surface area contributed by atoms with E-state index in [4.69, 9.17) is 9.26 Å². The van der Waals surface area contributed by atoms with Crippen LogP contribution in [0.2, 0.25) is 25.7 Å². The summed E-state index contributed by atoms with van der Waals surface area (Å²) in [5, 5.41) is 11.4. The number of halogens is 3. The normalized spacial score (nSPS) is 15.0. The number of rotatable bonds is 10. The third kappa shape index (κ3) is 6.06. The van der Waals surface area contributed by atoms with Crippen LogP contribution in [0.25, 0.3) is 22.2 Å². The van der Waals surface area contributed by atoms with E-state index in [1.54, 1.807) is 17.1 Å². The quantitative estimate of drug-likeness (QED) is 0.185. The minimum absolute atomic E-state index is 0.0245. The number of anilines is 1. The summed E-state index contributed by atoms with van der Waals surface area (Å²) in [5.74, 6) is -0.689. The highest BCUT2D eigenvalue weighted by Crippen LogP contribution is 2.59. The highest BCUT2D eigenvalue weighted by atomic mass is 28.3. The van der Waals surface area contributed by atoms with Crippen molar-refractivity contribution in [1.29, 1.82) is 0 Å². The van der Waals surface area contributed by atoms with Gasteiger partial charge in [-0.05, 0) is 36.1 Å². The molecule has 206 valence electrons. The van der Waals surface area contributed by atoms with E-state index in [1.807, 2.05) is 30.3 Å². The zero-order valence-electron chi connectivity index (χ0n) is 22.0. The van der Waals surface area contributed by atoms with E-state index in [9.17, 15) is 18.0 Å². The van der Waals surface area contributed by atoms with Crippen molar-refractivity contribution in [2.24, 2.45) is 0 Å². The predicted molar refractivity (Wildman–Crippen MR) is 143 cm³/mol. The topological polar surface area (TPSA) is 95.1 Å². The van der Waals surface area contributed by atoms with Crippen molar-refractivity contribution in [2.45, 2.75) is 63.3 Å². The van der Waals surface area contributed by atoms with Gasteiger partial charge in [0.25, 0.3) is 0 Å². The maximum atomic E-state index is 13.3. The molecular formula is C27H30F3N5O3Si. The molecule has 0 saturated heterocycles. The first kappa shape index (κ1) is 27.1. The lowest BCUT2D eigenvalue weighted by Gasteiger charge is -2.15. The SMILES string of the molecule is C[Si](C)(C)CCOCn1ncc2cc(-c3ccc(CC(=O)Nc4cc(C5(C(F)(F)F)CC5)on4)cc3)cnc21. The first-order valence-electron chi connectivity index (χ1n) is 12.8. The summed E-state index contributed by atoms with van der Waals surface area (Å²) in [4.78, 5) is 17.0. The largest absolute Gasteiger partial charge is 0.401 e. The lowest BCUT2D eigenvalue weighted by atomic mass is 10.0. The molecule has 0 unspecified atom stereocenters. The molecule has 4 aromatic rings. The Kier molecular flexibility index (Phi) is 7.10. The van der Waals surface area contributed by atoms with Gasteiger partial charge in [-0.1, -0.05) is 49.1 Å². The zero-order chi connectivity index (χ0) is 27.8. The summed E-state index contributed by atoms with van der Waals surface area (Å²) in [7, 11) is -1.15. The van der Waals surface area contributed by atoms with Crippen LogP contribution in [0.1, 0.15) is 24.2 Å². The lowest BCUT2D eigenvalue weighted by Crippen LogP contribution is -2.28. The number of carbonyl (C=O) groups excluding carboxylic acids is 1. The average Bonchev–Trinajstić information content (AvgIpc) is 3.41. The number of carbonyl (C=O) groups is 1. The van der Waals surface area contributed by atoms with Crippen molar-refractivity contribution < 1.29 is 27.2 Å². The zero-order valence-corrected chi connectivity index (χ0v) is 23.0. The predicted octanol–water partition coefficient (Wildman–Crippen LogP) is 6.17. The van der Waals surface area contributed by atoms with E-state index >= 15 is 0 Å². The number of ether oxygens (including phenoxy) is 1. The van der Waals surface area contributed by atoms with E-state index in [-0.39, 0.29) is 30.8 Å². The van der Waals surface area contributed by atoms with Gasteiger partial charge in [0.15, 0.2) is 17.2 Å². The Balaban J connectivity index is 1.18. The fourth-order valence-corrected chi connectivity index (χ4v) is 5.05. The Morgan fingerprint density at radius 3 is 2.54 bits per heavy atom. The molecule has 0 atom stereocenters. The van der Waals surface area contributed by atoms with E-state index < -0.39 is 25.6 Å². The number of alkyl halides is 3. The summed E-state index contributed by atoms with van der Waals surface area (Å²) < 4.78 is 52.3. The number of amides is 1. The van der Waals surface area contributed by atoms with Crippen LogP contribution < -0.4 is 5.32 Å². The van der Waals surface area contributed by atoms with Gasteiger partial charge in [-0.15, -0.1) is 0 Å². The first-order valence-corrected chi connectivity index (χ1v) is 16.5. The van der Waals surface area contributed by atoms with E-state index in [0.717, 1.165) is 39.8 Å². The minimum atomic E-state index is -4.41. The molecule has 3 aromatic heterocycles. The van der Waals surface area contributed by atoms with Gasteiger partial charge in [-0.25, -0.2) is 9.67 Å². The Hall–Kier alpha value is -3.51. The molecule has 1 aromatic carbocycles. The number of pyridine rings is 1. The highest BCUT2D eigenvalue weighted by Gasteiger charge is 2.66. The minimum Gasteiger partial charge on any atom is -0.359 e. The van der Waals surface area contributed by atoms with Gasteiger partial charge >= 0.3 is 6.18 Å². The molecule has 1 aliphatic carbocycles. The van der Waals surface area contributed by atoms with E-state index in [0.29, 0.717) is 13.3 Å². The molecule has 5 rings (SSSR count). The van der Waals surface area contributed by atoms with Gasteiger partial charge in [0, 0.05) is 37.9 Å². The van der Waals surface area contributed by atoms with Gasteiger partial charge in [0.1, 0.15) is 12.1 Å². The third-order valence-electron chi connectivity index (χ3n) is 6.88. The third-order valence-corrected chi connectivity index (χ3v) is 8.58. The van der Waals surface area contributed by atoms with Crippen molar-refractivity contribution in [3.63, 3.8) is 0 Å². The van der Waals surface area contributed by atoms with E-state index in [1.165, 1.54) is 0 Å². The second kappa shape index (κ2) is 10.2. The molecule has 39 heavy (non-hydrogen) atoms. The summed E-state index contributed by atoms with van der Waals surface area (Å²) in [6, 6.07) is 11.7. The smallest absolute Gasteiger partial charge is 0.359 e. The average molecular weight is 558 g/mol. The number of aromatic nitrogens is 4. The second-order valence-corrected chi connectivity index (χ2v) is 16.8. The van der Waals surface area contributed by atoms with Crippen LogP contribution in [0.15, 0.2) is 53.3 Å². The first-order chi connectivity index (χ1) is 18.4. The molecule has 1 fully saturated rings. The van der Waals surface area contributed by atoms with E-state index in [2.05, 4.69) is 40.2 Å². The maximum Gasteiger partial charge on any atom is 0.401 e. The van der Waals surface area contributed by atoms with Gasteiger partial charge in [0.2, 0.25) is 5.91 Å². The van der Waals surface area contributed by atoms with Gasteiger partial charge < -0.3 is 14.6 Å². The van der Waals surface area contributed by atoms with Crippen LogP contribution in [-0.4, -0.2) is 46.7 Å². The molecule has 0 bridgehead atoms. The standard InChI is InChI=1S/C27H30F3N5O3Si/c1-39(2,3)11-10-37-17-35-25-21(16-32-35)13-20(15-31-25)19-6-4-18(5-7-19)12-24(36)33-23-14-22(38-34-23)26(8-9-26)27(28,29)30/h4-7,13-16H,8-12,17H2,1-3H3,(H,33,34,36). The monoisotopic (exact) mass is 557 g/mol. The number of hydrogen-bond acceptors (Lipinski definition) is 6. The van der Waals surface area contributed by atoms with Crippen molar-refractivity contribution >= 4 is 30.8 Å². The molecule has 3 heterocycles. The summed E-state index contributed by atoms with van der Waals surface area (Å²) >= 11 is 0. The Morgan fingerprint density at radius 2 is 1.87 bits per heavy atom. The van der Waals surface area contributed by atoms with Gasteiger partial charge in [-0.2, -0.15) is 18.3 Å². The molecule has 1 saturated carbocycles. The van der Waals surface area contributed by atoms with Crippen molar-refractivity contribution in [3.05, 3.63) is 60.1 Å². The summed E-state index contributed by atoms with van der Waals surface area (Å²) in [6.45, 7) is 7.99. The van der Waals surface area contributed by atoms with Crippen LogP contribution in [0.3, 0.4) is 0 Å². The summed E-state index contributed by atoms with van der Waals surface area (Å²) in [6.07, 6.45) is -0.902. The van der Waals surface area contributed by atoms with Crippen LogP contribution >= 0.6 is 0 Å². The Morgan fingerprint density at radius 1 is 1.13 bits per heavy atom. The molecule has 0 spiro atoms. The summed E-state index contributed by atoms with van der Waals surface area (Å²) in [5.41, 5.74) is 1.35. The number of hydrogen-bond donors (Lipinski definition) is 1. The molecule has 0 aliphatic heterocycles. The van der Waals surface area contributed by atoms with Crippen molar-refractivity contribution in [3.8, 4) is 11.1 Å². The lowest BCUT2D eigenvalue weighted by molar-refractivity contribution is -0.165. The van der Waals surface area contributed by atoms with Crippen LogP contribution in [0.4, 0.5) is 19.0 Å². The van der Waals surface area contributed by atoms with Crippen LogP contribution in [0.5, 0.6) is 0 Å². The van der Waals surface area contributed by atoms with Crippen molar-refractivity contribution in [1.82, 2.24) is 19.9 Å².